The van der Waals surface area contributed by atoms with Crippen molar-refractivity contribution in [1.29, 1.82) is 0 Å². The van der Waals surface area contributed by atoms with Gasteiger partial charge < -0.3 is 19.3 Å². The van der Waals surface area contributed by atoms with Crippen LogP contribution in [0.5, 0.6) is 0 Å². The van der Waals surface area contributed by atoms with Crippen LogP contribution < -0.4 is 5.32 Å². The largest absolute Gasteiger partial charge is 0.361 e. The highest BCUT2D eigenvalue weighted by Gasteiger charge is 2.15. The molecular weight excluding hydrogens is 458 g/mol. The van der Waals surface area contributed by atoms with E-state index in [0.717, 1.165) is 22.6 Å². The molecule has 0 unspecified atom stereocenters. The molecule has 0 bridgehead atoms. The highest BCUT2D eigenvalue weighted by Crippen LogP contribution is 2.18. The first kappa shape index (κ1) is 24.8. The van der Waals surface area contributed by atoms with Gasteiger partial charge in [-0.2, -0.15) is 4.98 Å². The lowest BCUT2D eigenvalue weighted by atomic mass is 10.1. The van der Waals surface area contributed by atoms with E-state index in [1.54, 1.807) is 36.2 Å². The van der Waals surface area contributed by atoms with Crippen molar-refractivity contribution in [1.82, 2.24) is 25.5 Å². The van der Waals surface area contributed by atoms with Gasteiger partial charge >= 0.3 is 0 Å². The predicted molar refractivity (Wildman–Crippen MR) is 134 cm³/mol. The van der Waals surface area contributed by atoms with Gasteiger partial charge in [-0.25, -0.2) is 0 Å². The molecule has 0 aliphatic heterocycles. The summed E-state index contributed by atoms with van der Waals surface area (Å²) in [7, 11) is 1.75. The van der Waals surface area contributed by atoms with Crippen LogP contribution in [0, 0.1) is 20.8 Å². The van der Waals surface area contributed by atoms with Crippen molar-refractivity contribution in [2.45, 2.75) is 33.6 Å². The van der Waals surface area contributed by atoms with Gasteiger partial charge in [-0.1, -0.05) is 28.0 Å². The van der Waals surface area contributed by atoms with Crippen molar-refractivity contribution < 1.29 is 18.6 Å². The molecule has 0 fully saturated rings. The molecule has 1 N–H and O–H groups in total. The van der Waals surface area contributed by atoms with Crippen molar-refractivity contribution in [2.75, 3.05) is 20.1 Å². The van der Waals surface area contributed by atoms with Crippen molar-refractivity contribution in [2.24, 2.45) is 0 Å². The van der Waals surface area contributed by atoms with Crippen molar-refractivity contribution >= 4 is 11.8 Å². The second kappa shape index (κ2) is 11.0. The van der Waals surface area contributed by atoms with Crippen LogP contribution in [0.3, 0.4) is 0 Å². The van der Waals surface area contributed by atoms with Gasteiger partial charge in [-0.3, -0.25) is 9.59 Å². The topological polar surface area (TPSA) is 114 Å². The van der Waals surface area contributed by atoms with Crippen LogP contribution >= 0.6 is 0 Å². The minimum absolute atomic E-state index is 0.0562. The lowest BCUT2D eigenvalue weighted by Crippen LogP contribution is -2.29. The van der Waals surface area contributed by atoms with E-state index in [2.05, 4.69) is 20.6 Å². The summed E-state index contributed by atoms with van der Waals surface area (Å²) < 4.78 is 10.5. The molecule has 2 amide bonds. The molecule has 2 heterocycles. The zero-order chi connectivity index (χ0) is 25.7. The molecule has 0 saturated carbocycles. The van der Waals surface area contributed by atoms with Gasteiger partial charge in [0.05, 0.1) is 5.69 Å². The third kappa shape index (κ3) is 5.86. The summed E-state index contributed by atoms with van der Waals surface area (Å²) in [5, 5.41) is 10.9. The number of likely N-dealkylation sites (N-methyl/N-ethyl adjacent to an activating group) is 1. The molecule has 36 heavy (non-hydrogen) atoms. The molecule has 4 rings (SSSR count). The second-order valence-electron chi connectivity index (χ2n) is 8.74. The summed E-state index contributed by atoms with van der Waals surface area (Å²) in [4.78, 5) is 31.1. The average Bonchev–Trinajstić information content (AvgIpc) is 3.49. The molecule has 2 aromatic heterocycles. The van der Waals surface area contributed by atoms with E-state index in [1.807, 2.05) is 45.0 Å². The number of carbonyl (C=O) groups is 2. The molecule has 0 aliphatic carbocycles. The first-order valence-corrected chi connectivity index (χ1v) is 11.8. The van der Waals surface area contributed by atoms with E-state index in [-0.39, 0.29) is 11.8 Å². The molecule has 0 spiro atoms. The predicted octanol–water partition coefficient (Wildman–Crippen LogP) is 3.94. The summed E-state index contributed by atoms with van der Waals surface area (Å²) in [5.74, 6) is 1.42. The fourth-order valence-electron chi connectivity index (χ4n) is 3.78. The molecule has 0 radical (unpaired) electrons. The van der Waals surface area contributed by atoms with Crippen LogP contribution in [-0.2, 0) is 12.8 Å². The van der Waals surface area contributed by atoms with E-state index in [4.69, 9.17) is 9.05 Å². The Bertz CT molecular complexity index is 1320. The first-order chi connectivity index (χ1) is 17.3. The molecule has 0 atom stereocenters. The van der Waals surface area contributed by atoms with Gasteiger partial charge in [0.1, 0.15) is 5.76 Å². The van der Waals surface area contributed by atoms with Gasteiger partial charge in [-0.05, 0) is 63.6 Å². The molecule has 4 aromatic rings. The van der Waals surface area contributed by atoms with Crippen LogP contribution in [0.1, 0.15) is 49.1 Å². The smallest absolute Gasteiger partial charge is 0.257 e. The molecule has 2 aromatic carbocycles. The maximum Gasteiger partial charge on any atom is 0.257 e. The number of aryl methyl sites for hydroxylation is 3. The van der Waals surface area contributed by atoms with Crippen LogP contribution in [0.15, 0.2) is 57.6 Å². The Morgan fingerprint density at radius 3 is 2.25 bits per heavy atom. The van der Waals surface area contributed by atoms with Gasteiger partial charge in [0.25, 0.3) is 17.7 Å². The summed E-state index contributed by atoms with van der Waals surface area (Å²) in [6.07, 6.45) is 1.12. The van der Waals surface area contributed by atoms with Crippen LogP contribution in [-0.4, -0.2) is 52.1 Å². The van der Waals surface area contributed by atoms with Crippen molar-refractivity contribution in [3.05, 3.63) is 88.1 Å². The molecule has 0 aliphatic rings. The van der Waals surface area contributed by atoms with Crippen LogP contribution in [0.4, 0.5) is 0 Å². The van der Waals surface area contributed by atoms with E-state index >= 15 is 0 Å². The Hall–Kier alpha value is -4.27. The number of nitrogens with zero attached hydrogens (tertiary/aromatic N) is 4. The molecule has 9 heteroatoms. The van der Waals surface area contributed by atoms with E-state index < -0.39 is 0 Å². The maximum absolute atomic E-state index is 12.6. The minimum atomic E-state index is -0.166. The highest BCUT2D eigenvalue weighted by molar-refractivity contribution is 5.94. The molecular formula is C27H29N5O4. The fourth-order valence-corrected chi connectivity index (χ4v) is 3.78. The molecule has 0 saturated heterocycles. The minimum Gasteiger partial charge on any atom is -0.361 e. The fraction of sp³-hybridized carbons (Fsp3) is 0.296. The standard InChI is InChI=1S/C27H29N5O4/c1-17-5-7-22(8-6-17)27(34)32(4)16-14-24-29-26(36-31-24)21-11-9-20(10-12-21)25(33)28-15-13-23-18(2)30-35-19(23)3/h5-12H,13-16H2,1-4H3,(H,28,33). The number of carbonyl (C=O) groups excluding carboxylic acids is 2. The van der Waals surface area contributed by atoms with Gasteiger partial charge in [0, 0.05) is 48.8 Å². The zero-order valence-electron chi connectivity index (χ0n) is 20.9. The van der Waals surface area contributed by atoms with Gasteiger partial charge in [0.15, 0.2) is 5.82 Å². The number of rotatable bonds is 9. The SMILES string of the molecule is Cc1ccc(C(=O)N(C)CCc2noc(-c3ccc(C(=O)NCCc4c(C)noc4C)cc3)n2)cc1. The monoisotopic (exact) mass is 487 g/mol. The number of hydrogen-bond acceptors (Lipinski definition) is 7. The van der Waals surface area contributed by atoms with Gasteiger partial charge in [-0.15, -0.1) is 0 Å². The maximum atomic E-state index is 12.6. The lowest BCUT2D eigenvalue weighted by Gasteiger charge is -2.16. The Labute approximate surface area is 209 Å². The Kier molecular flexibility index (Phi) is 7.58. The lowest BCUT2D eigenvalue weighted by molar-refractivity contribution is 0.0795. The van der Waals surface area contributed by atoms with Crippen LogP contribution in [0.2, 0.25) is 0 Å². The first-order valence-electron chi connectivity index (χ1n) is 11.8. The summed E-state index contributed by atoms with van der Waals surface area (Å²) in [6.45, 7) is 6.68. The van der Waals surface area contributed by atoms with Crippen molar-refractivity contribution in [3.63, 3.8) is 0 Å². The zero-order valence-corrected chi connectivity index (χ0v) is 20.9. The Morgan fingerprint density at radius 1 is 0.889 bits per heavy atom. The third-order valence-electron chi connectivity index (χ3n) is 6.02. The Morgan fingerprint density at radius 2 is 1.58 bits per heavy atom. The third-order valence-corrected chi connectivity index (χ3v) is 6.02. The van der Waals surface area contributed by atoms with Crippen LogP contribution in [0.25, 0.3) is 11.5 Å². The summed E-state index contributed by atoms with van der Waals surface area (Å²) >= 11 is 0. The number of aromatic nitrogens is 3. The van der Waals surface area contributed by atoms with E-state index in [1.165, 1.54) is 0 Å². The molecule has 9 nitrogen and oxygen atoms in total. The van der Waals surface area contributed by atoms with Gasteiger partial charge in [0.2, 0.25) is 0 Å². The number of benzene rings is 2. The van der Waals surface area contributed by atoms with E-state index in [0.29, 0.717) is 54.3 Å². The highest BCUT2D eigenvalue weighted by atomic mass is 16.5. The number of hydrogen-bond donors (Lipinski definition) is 1. The second-order valence-corrected chi connectivity index (χ2v) is 8.74. The summed E-state index contributed by atoms with van der Waals surface area (Å²) in [5.41, 5.74) is 4.86. The quantitative estimate of drug-likeness (QED) is 0.380. The van der Waals surface area contributed by atoms with E-state index in [9.17, 15) is 9.59 Å². The van der Waals surface area contributed by atoms with Crippen molar-refractivity contribution in [3.8, 4) is 11.5 Å². The molecule has 186 valence electrons. The average molecular weight is 488 g/mol. The number of nitrogens with one attached hydrogen (secondary N) is 1. The summed E-state index contributed by atoms with van der Waals surface area (Å²) in [6, 6.07) is 14.5. The Balaban J connectivity index is 1.28. The normalized spacial score (nSPS) is 10.9. The number of amides is 2.